The molecule has 0 aliphatic heterocycles. The van der Waals surface area contributed by atoms with Gasteiger partial charge in [0, 0.05) is 16.9 Å². The third-order valence-electron chi connectivity index (χ3n) is 1.94. The van der Waals surface area contributed by atoms with Crippen LogP contribution in [0.3, 0.4) is 0 Å². The number of benzene rings is 1. The van der Waals surface area contributed by atoms with Crippen LogP contribution in [0.1, 0.15) is 30.6 Å². The van der Waals surface area contributed by atoms with Crippen LogP contribution in [0.15, 0.2) is 29.2 Å². The van der Waals surface area contributed by atoms with Crippen molar-refractivity contribution >= 4 is 23.3 Å². The fourth-order valence-electron chi connectivity index (χ4n) is 1.13. The molecule has 0 spiro atoms. The van der Waals surface area contributed by atoms with Crippen LogP contribution in [0.2, 0.25) is 0 Å². The van der Waals surface area contributed by atoms with E-state index in [0.29, 0.717) is 12.2 Å². The normalized spacial score (nSPS) is 10.0. The highest BCUT2D eigenvalue weighted by atomic mass is 32.2. The van der Waals surface area contributed by atoms with Gasteiger partial charge >= 0.3 is 0 Å². The first kappa shape index (κ1) is 12.0. The molecular formula is C12H14O2S. The number of hydrogen-bond donors (Lipinski definition) is 0. The van der Waals surface area contributed by atoms with E-state index in [-0.39, 0.29) is 11.6 Å². The highest BCUT2D eigenvalue weighted by Gasteiger charge is 2.03. The number of thioether (sulfide) groups is 1. The van der Waals surface area contributed by atoms with Gasteiger partial charge in [0.05, 0.1) is 5.75 Å². The molecular weight excluding hydrogens is 208 g/mol. The maximum Gasteiger partial charge on any atom is 0.162 e. The lowest BCUT2D eigenvalue weighted by Crippen LogP contribution is -1.96. The molecule has 0 aromatic heterocycles. The van der Waals surface area contributed by atoms with E-state index in [1.165, 1.54) is 11.8 Å². The van der Waals surface area contributed by atoms with Crippen LogP contribution in [0, 0.1) is 0 Å². The van der Waals surface area contributed by atoms with Crippen LogP contribution in [0.4, 0.5) is 0 Å². The Hall–Kier alpha value is -1.09. The first-order valence-electron chi connectivity index (χ1n) is 4.89. The van der Waals surface area contributed by atoms with Crippen molar-refractivity contribution in [2.75, 3.05) is 5.75 Å². The zero-order valence-corrected chi connectivity index (χ0v) is 9.76. The predicted octanol–water partition coefficient (Wildman–Crippen LogP) is 2.96. The average Bonchev–Trinajstić information content (AvgIpc) is 2.26. The van der Waals surface area contributed by atoms with E-state index in [9.17, 15) is 9.59 Å². The van der Waals surface area contributed by atoms with Gasteiger partial charge in [0.15, 0.2) is 5.78 Å². The lowest BCUT2D eigenvalue weighted by atomic mass is 10.1. The van der Waals surface area contributed by atoms with Crippen LogP contribution < -0.4 is 0 Å². The Labute approximate surface area is 94.1 Å². The van der Waals surface area contributed by atoms with Crippen LogP contribution in [0.25, 0.3) is 0 Å². The zero-order chi connectivity index (χ0) is 11.3. The standard InChI is InChI=1S/C12H14O2S/c1-3-12(14)10-4-6-11(7-5-10)15-8-9(2)13/h4-7H,3,8H2,1-2H3. The van der Waals surface area contributed by atoms with Crippen LogP contribution in [-0.4, -0.2) is 17.3 Å². The fourth-order valence-corrected chi connectivity index (χ4v) is 1.82. The summed E-state index contributed by atoms with van der Waals surface area (Å²) in [4.78, 5) is 23.1. The number of hydrogen-bond acceptors (Lipinski definition) is 3. The van der Waals surface area contributed by atoms with Crippen molar-refractivity contribution in [2.45, 2.75) is 25.2 Å². The summed E-state index contributed by atoms with van der Waals surface area (Å²) in [6.45, 7) is 3.42. The minimum Gasteiger partial charge on any atom is -0.299 e. The Morgan fingerprint density at radius 3 is 2.27 bits per heavy atom. The molecule has 15 heavy (non-hydrogen) atoms. The molecule has 0 heterocycles. The Morgan fingerprint density at radius 2 is 1.80 bits per heavy atom. The maximum atomic E-state index is 11.3. The molecule has 0 saturated heterocycles. The lowest BCUT2D eigenvalue weighted by molar-refractivity contribution is -0.114. The summed E-state index contributed by atoms with van der Waals surface area (Å²) in [7, 11) is 0. The van der Waals surface area contributed by atoms with Crippen molar-refractivity contribution in [1.82, 2.24) is 0 Å². The topological polar surface area (TPSA) is 34.1 Å². The van der Waals surface area contributed by atoms with Crippen molar-refractivity contribution in [1.29, 1.82) is 0 Å². The number of carbonyl (C=O) groups excluding carboxylic acids is 2. The Bertz CT molecular complexity index is 354. The van der Waals surface area contributed by atoms with E-state index < -0.39 is 0 Å². The van der Waals surface area contributed by atoms with Gasteiger partial charge in [-0.2, -0.15) is 0 Å². The molecule has 0 unspecified atom stereocenters. The number of ketones is 2. The molecule has 0 saturated carbocycles. The van der Waals surface area contributed by atoms with Gasteiger partial charge in [-0.1, -0.05) is 19.1 Å². The van der Waals surface area contributed by atoms with Gasteiger partial charge in [-0.05, 0) is 19.1 Å². The van der Waals surface area contributed by atoms with E-state index in [2.05, 4.69) is 0 Å². The second kappa shape index (κ2) is 5.71. The molecule has 1 aromatic rings. The molecule has 0 aliphatic rings. The summed E-state index contributed by atoms with van der Waals surface area (Å²) < 4.78 is 0. The van der Waals surface area contributed by atoms with Crippen molar-refractivity contribution in [3.8, 4) is 0 Å². The van der Waals surface area contributed by atoms with E-state index >= 15 is 0 Å². The SMILES string of the molecule is CCC(=O)c1ccc(SCC(C)=O)cc1. The molecule has 0 fully saturated rings. The first-order valence-corrected chi connectivity index (χ1v) is 5.87. The van der Waals surface area contributed by atoms with E-state index in [0.717, 1.165) is 10.5 Å². The van der Waals surface area contributed by atoms with E-state index in [1.807, 2.05) is 31.2 Å². The monoisotopic (exact) mass is 222 g/mol. The predicted molar refractivity (Wildman–Crippen MR) is 62.5 cm³/mol. The minimum atomic E-state index is 0.151. The van der Waals surface area contributed by atoms with Crippen LogP contribution >= 0.6 is 11.8 Å². The molecule has 2 nitrogen and oxygen atoms in total. The summed E-state index contributed by atoms with van der Waals surface area (Å²) >= 11 is 1.50. The number of carbonyl (C=O) groups is 2. The molecule has 1 aromatic carbocycles. The summed E-state index contributed by atoms with van der Waals surface area (Å²) in [5.41, 5.74) is 0.740. The Morgan fingerprint density at radius 1 is 1.20 bits per heavy atom. The van der Waals surface area contributed by atoms with Crippen molar-refractivity contribution in [2.24, 2.45) is 0 Å². The average molecular weight is 222 g/mol. The van der Waals surface area contributed by atoms with Crippen molar-refractivity contribution < 1.29 is 9.59 Å². The first-order chi connectivity index (χ1) is 7.13. The molecule has 0 radical (unpaired) electrons. The largest absolute Gasteiger partial charge is 0.299 e. The van der Waals surface area contributed by atoms with E-state index in [1.54, 1.807) is 6.92 Å². The second-order valence-corrected chi connectivity index (χ2v) is 4.34. The second-order valence-electron chi connectivity index (χ2n) is 3.29. The smallest absolute Gasteiger partial charge is 0.162 e. The van der Waals surface area contributed by atoms with Gasteiger partial charge in [-0.15, -0.1) is 11.8 Å². The summed E-state index contributed by atoms with van der Waals surface area (Å²) in [5.74, 6) is 0.799. The van der Waals surface area contributed by atoms with E-state index in [4.69, 9.17) is 0 Å². The summed E-state index contributed by atoms with van der Waals surface area (Å²) in [6.07, 6.45) is 0.528. The van der Waals surface area contributed by atoms with Gasteiger partial charge < -0.3 is 0 Å². The van der Waals surface area contributed by atoms with Crippen LogP contribution in [-0.2, 0) is 4.79 Å². The fraction of sp³-hybridized carbons (Fsp3) is 0.333. The van der Waals surface area contributed by atoms with Gasteiger partial charge in [0.25, 0.3) is 0 Å². The highest BCUT2D eigenvalue weighted by molar-refractivity contribution is 8.00. The van der Waals surface area contributed by atoms with Gasteiger partial charge in [0.1, 0.15) is 5.78 Å². The maximum absolute atomic E-state index is 11.3. The van der Waals surface area contributed by atoms with Gasteiger partial charge in [-0.3, -0.25) is 9.59 Å². The molecule has 0 atom stereocenters. The molecule has 3 heteroatoms. The molecule has 0 amide bonds. The van der Waals surface area contributed by atoms with Crippen molar-refractivity contribution in [3.63, 3.8) is 0 Å². The lowest BCUT2D eigenvalue weighted by Gasteiger charge is -2.01. The third kappa shape index (κ3) is 3.88. The summed E-state index contributed by atoms with van der Waals surface area (Å²) in [6, 6.07) is 7.40. The number of rotatable bonds is 5. The molecule has 80 valence electrons. The molecule has 0 N–H and O–H groups in total. The molecule has 0 bridgehead atoms. The third-order valence-corrected chi connectivity index (χ3v) is 3.10. The summed E-state index contributed by atoms with van der Waals surface area (Å²) in [5, 5.41) is 0. The van der Waals surface area contributed by atoms with Crippen LogP contribution in [0.5, 0.6) is 0 Å². The van der Waals surface area contributed by atoms with Gasteiger partial charge in [0.2, 0.25) is 0 Å². The molecule has 0 aliphatic carbocycles. The Kier molecular flexibility index (Phi) is 4.56. The quantitative estimate of drug-likeness (QED) is 0.567. The number of Topliss-reactive ketones (excluding diaryl/α,β-unsaturated/α-hetero) is 2. The minimum absolute atomic E-state index is 0.151. The Balaban J connectivity index is 2.64. The van der Waals surface area contributed by atoms with Gasteiger partial charge in [-0.25, -0.2) is 0 Å². The van der Waals surface area contributed by atoms with Crippen molar-refractivity contribution in [3.05, 3.63) is 29.8 Å². The zero-order valence-electron chi connectivity index (χ0n) is 8.95. The highest BCUT2D eigenvalue weighted by Crippen LogP contribution is 2.18. The molecule has 1 rings (SSSR count).